The fourth-order valence-electron chi connectivity index (χ4n) is 3.53. The Morgan fingerprint density at radius 1 is 1.10 bits per heavy atom. The van der Waals surface area contributed by atoms with Crippen molar-refractivity contribution in [3.8, 4) is 23.0 Å². The van der Waals surface area contributed by atoms with Crippen LogP contribution in [0.25, 0.3) is 17.3 Å². The highest BCUT2D eigenvalue weighted by atomic mass is 35.5. The van der Waals surface area contributed by atoms with Crippen LogP contribution in [-0.2, 0) is 6.42 Å². The average Bonchev–Trinajstić information content (AvgIpc) is 3.38. The van der Waals surface area contributed by atoms with Crippen LogP contribution in [-0.4, -0.2) is 21.1 Å². The highest BCUT2D eigenvalue weighted by Crippen LogP contribution is 2.29. The fraction of sp³-hybridized carbons (Fsp3) is 0.280. The molecule has 6 heteroatoms. The van der Waals surface area contributed by atoms with Crippen LogP contribution in [0.1, 0.15) is 43.3 Å². The van der Waals surface area contributed by atoms with Gasteiger partial charge in [-0.1, -0.05) is 55.8 Å². The molecule has 0 amide bonds. The molecule has 0 fully saturated rings. The maximum absolute atomic E-state index is 6.16. The summed E-state index contributed by atoms with van der Waals surface area (Å²) in [5.41, 5.74) is 3.02. The van der Waals surface area contributed by atoms with Gasteiger partial charge in [-0.2, -0.15) is 4.98 Å². The van der Waals surface area contributed by atoms with Gasteiger partial charge >= 0.3 is 6.01 Å². The van der Waals surface area contributed by atoms with Gasteiger partial charge in [0, 0.05) is 29.4 Å². The van der Waals surface area contributed by atoms with Gasteiger partial charge in [0.05, 0.1) is 6.61 Å². The second-order valence-corrected chi connectivity index (χ2v) is 8.20. The number of aryl methyl sites for hydroxylation is 2. The maximum atomic E-state index is 6.16. The van der Waals surface area contributed by atoms with Gasteiger partial charge in [0.15, 0.2) is 0 Å². The molecule has 2 heterocycles. The summed E-state index contributed by atoms with van der Waals surface area (Å²) < 4.78 is 14.1. The van der Waals surface area contributed by atoms with E-state index in [2.05, 4.69) is 31.0 Å². The Balaban J connectivity index is 1.52. The van der Waals surface area contributed by atoms with Gasteiger partial charge in [0.25, 0.3) is 0 Å². The molecular formula is C25H26ClN3O2. The summed E-state index contributed by atoms with van der Waals surface area (Å²) in [6, 6.07) is 16.4. The van der Waals surface area contributed by atoms with Crippen molar-refractivity contribution in [2.75, 3.05) is 6.61 Å². The average molecular weight is 436 g/mol. The first-order valence-electron chi connectivity index (χ1n) is 10.5. The summed E-state index contributed by atoms with van der Waals surface area (Å²) in [5, 5.41) is 0.691. The van der Waals surface area contributed by atoms with Crippen LogP contribution >= 0.6 is 11.6 Å². The third-order valence-corrected chi connectivity index (χ3v) is 5.43. The Morgan fingerprint density at radius 3 is 2.58 bits per heavy atom. The zero-order valence-corrected chi connectivity index (χ0v) is 18.8. The number of para-hydroxylation sites is 1. The summed E-state index contributed by atoms with van der Waals surface area (Å²) in [5.74, 6) is 3.01. The quantitative estimate of drug-likeness (QED) is 0.292. The number of aromatic nitrogens is 3. The summed E-state index contributed by atoms with van der Waals surface area (Å²) in [7, 11) is 0. The summed E-state index contributed by atoms with van der Waals surface area (Å²) in [6.45, 7) is 6.87. The number of hydrogen-bond donors (Lipinski definition) is 0. The lowest BCUT2D eigenvalue weighted by atomic mass is 10.0. The molecule has 4 aromatic rings. The topological polar surface area (TPSA) is 53.1 Å². The van der Waals surface area contributed by atoms with Crippen molar-refractivity contribution >= 4 is 11.6 Å². The second kappa shape index (κ2) is 9.40. The molecule has 0 N–H and O–H groups in total. The van der Waals surface area contributed by atoms with E-state index in [1.165, 1.54) is 5.56 Å². The molecule has 0 saturated carbocycles. The summed E-state index contributed by atoms with van der Waals surface area (Å²) in [6.07, 6.45) is 5.11. The first-order chi connectivity index (χ1) is 15.0. The molecule has 0 radical (unpaired) electrons. The lowest BCUT2D eigenvalue weighted by molar-refractivity contribution is 0.302. The van der Waals surface area contributed by atoms with Gasteiger partial charge < -0.3 is 9.15 Å². The molecular weight excluding hydrogens is 410 g/mol. The number of imidazole rings is 1. The summed E-state index contributed by atoms with van der Waals surface area (Å²) >= 11 is 6.07. The van der Waals surface area contributed by atoms with Crippen molar-refractivity contribution < 1.29 is 9.15 Å². The predicted octanol–water partition coefficient (Wildman–Crippen LogP) is 6.62. The van der Waals surface area contributed by atoms with Crippen LogP contribution in [0.4, 0.5) is 0 Å². The molecule has 0 aliphatic heterocycles. The van der Waals surface area contributed by atoms with E-state index in [1.54, 1.807) is 6.20 Å². The third-order valence-electron chi connectivity index (χ3n) is 5.18. The van der Waals surface area contributed by atoms with E-state index in [-0.39, 0.29) is 0 Å². The fourth-order valence-corrected chi connectivity index (χ4v) is 3.66. The van der Waals surface area contributed by atoms with Crippen LogP contribution in [0.5, 0.6) is 5.75 Å². The zero-order chi connectivity index (χ0) is 21.8. The number of rotatable bonds is 8. The maximum Gasteiger partial charge on any atom is 0.307 e. The van der Waals surface area contributed by atoms with E-state index in [0.29, 0.717) is 30.0 Å². The Hall–Kier alpha value is -3.05. The van der Waals surface area contributed by atoms with Crippen LogP contribution in [0.3, 0.4) is 0 Å². The molecule has 0 spiro atoms. The third kappa shape index (κ3) is 4.83. The highest BCUT2D eigenvalue weighted by molar-refractivity contribution is 6.30. The largest absolute Gasteiger partial charge is 0.493 e. The highest BCUT2D eigenvalue weighted by Gasteiger charge is 2.17. The second-order valence-electron chi connectivity index (χ2n) is 7.76. The molecule has 5 nitrogen and oxygen atoms in total. The van der Waals surface area contributed by atoms with Gasteiger partial charge in [0.2, 0.25) is 0 Å². The molecule has 0 saturated heterocycles. The zero-order valence-electron chi connectivity index (χ0n) is 18.0. The van der Waals surface area contributed by atoms with Crippen molar-refractivity contribution in [2.45, 2.75) is 39.5 Å². The lowest BCUT2D eigenvalue weighted by Gasteiger charge is -2.13. The molecule has 0 aliphatic carbocycles. The minimum absolute atomic E-state index is 0.419. The number of nitrogens with zero attached hydrogens (tertiary/aromatic N) is 3. The van der Waals surface area contributed by atoms with Gasteiger partial charge in [-0.3, -0.25) is 4.57 Å². The minimum atomic E-state index is 0.419. The van der Waals surface area contributed by atoms with Gasteiger partial charge in [-0.25, -0.2) is 4.98 Å². The van der Waals surface area contributed by atoms with E-state index in [9.17, 15) is 0 Å². The molecule has 0 aliphatic rings. The minimum Gasteiger partial charge on any atom is -0.493 e. The van der Waals surface area contributed by atoms with Crippen molar-refractivity contribution in [3.05, 3.63) is 83.1 Å². The molecule has 160 valence electrons. The Kier molecular flexibility index (Phi) is 6.42. The lowest BCUT2D eigenvalue weighted by Crippen LogP contribution is -2.02. The van der Waals surface area contributed by atoms with Gasteiger partial charge in [-0.05, 0) is 43.0 Å². The first-order valence-corrected chi connectivity index (χ1v) is 10.9. The van der Waals surface area contributed by atoms with Crippen LogP contribution in [0.2, 0.25) is 5.02 Å². The van der Waals surface area contributed by atoms with E-state index in [4.69, 9.17) is 25.7 Å². The van der Waals surface area contributed by atoms with Crippen molar-refractivity contribution in [1.29, 1.82) is 0 Å². The number of halogens is 1. The molecule has 31 heavy (non-hydrogen) atoms. The Bertz CT molecular complexity index is 1150. The van der Waals surface area contributed by atoms with Crippen LogP contribution in [0.15, 0.2) is 65.3 Å². The Labute approximate surface area is 187 Å². The van der Waals surface area contributed by atoms with Gasteiger partial charge in [0.1, 0.15) is 23.0 Å². The smallest absolute Gasteiger partial charge is 0.307 e. The van der Waals surface area contributed by atoms with E-state index in [0.717, 1.165) is 35.0 Å². The molecule has 2 aromatic carbocycles. The standard InChI is InChI=1S/C25H26ClN3O2/c1-17(2)21-7-4-5-8-22(21)30-16-6-9-23-24(19-10-12-20(26)13-11-19)28-25(31-23)29-15-14-27-18(29)3/h4-5,7-8,10-15,17H,6,9,16H2,1-3H3. The van der Waals surface area contributed by atoms with Gasteiger partial charge in [-0.15, -0.1) is 0 Å². The van der Waals surface area contributed by atoms with Crippen LogP contribution < -0.4 is 4.74 Å². The SMILES string of the molecule is Cc1nccn1-c1nc(-c2ccc(Cl)cc2)c(CCCOc2ccccc2C(C)C)o1. The molecule has 4 rings (SSSR count). The first kappa shape index (κ1) is 21.2. The molecule has 2 aromatic heterocycles. The monoisotopic (exact) mass is 435 g/mol. The molecule has 0 unspecified atom stereocenters. The molecule has 0 bridgehead atoms. The van der Waals surface area contributed by atoms with Crippen molar-refractivity contribution in [3.63, 3.8) is 0 Å². The number of ether oxygens (including phenoxy) is 1. The van der Waals surface area contributed by atoms with Crippen molar-refractivity contribution in [2.24, 2.45) is 0 Å². The number of benzene rings is 2. The molecule has 0 atom stereocenters. The Morgan fingerprint density at radius 2 is 1.87 bits per heavy atom. The number of oxazole rings is 1. The predicted molar refractivity (Wildman–Crippen MR) is 123 cm³/mol. The van der Waals surface area contributed by atoms with E-state index >= 15 is 0 Å². The van der Waals surface area contributed by atoms with Crippen LogP contribution in [0, 0.1) is 6.92 Å². The van der Waals surface area contributed by atoms with E-state index in [1.807, 2.05) is 54.1 Å². The van der Waals surface area contributed by atoms with E-state index < -0.39 is 0 Å². The number of hydrogen-bond acceptors (Lipinski definition) is 4. The summed E-state index contributed by atoms with van der Waals surface area (Å²) in [4.78, 5) is 9.03. The normalized spacial score (nSPS) is 11.3. The van der Waals surface area contributed by atoms with Crippen molar-refractivity contribution in [1.82, 2.24) is 14.5 Å².